The minimum atomic E-state index is -0.183. The molecule has 0 bridgehead atoms. The number of aromatic nitrogens is 4. The number of hydrogen-bond donors (Lipinski definition) is 1. The van der Waals surface area contributed by atoms with E-state index in [9.17, 15) is 4.79 Å². The van der Waals surface area contributed by atoms with Crippen LogP contribution in [-0.2, 0) is 0 Å². The van der Waals surface area contributed by atoms with Crippen LogP contribution in [0.25, 0.3) is 17.1 Å². The second-order valence-electron chi connectivity index (χ2n) is 3.87. The zero-order chi connectivity index (χ0) is 13.2. The second kappa shape index (κ2) is 4.81. The Kier molecular flexibility index (Phi) is 3.00. The van der Waals surface area contributed by atoms with Crippen molar-refractivity contribution in [1.29, 1.82) is 0 Å². The van der Waals surface area contributed by atoms with E-state index in [4.69, 9.17) is 0 Å². The van der Waals surface area contributed by atoms with Gasteiger partial charge in [-0.15, -0.1) is 0 Å². The normalized spacial score (nSPS) is 10.6. The molecule has 1 aromatic carbocycles. The van der Waals surface area contributed by atoms with Crippen LogP contribution in [0.2, 0.25) is 0 Å². The van der Waals surface area contributed by atoms with E-state index in [1.54, 1.807) is 12.3 Å². The van der Waals surface area contributed by atoms with Crippen LogP contribution in [0.1, 0.15) is 0 Å². The van der Waals surface area contributed by atoms with E-state index >= 15 is 0 Å². The summed E-state index contributed by atoms with van der Waals surface area (Å²) in [5, 5.41) is 3.05. The van der Waals surface area contributed by atoms with Crippen LogP contribution in [-0.4, -0.2) is 19.7 Å². The number of rotatable bonds is 2. The lowest BCUT2D eigenvalue weighted by Gasteiger charge is -2.00. The van der Waals surface area contributed by atoms with Crippen molar-refractivity contribution in [1.82, 2.24) is 19.7 Å². The lowest BCUT2D eigenvalue weighted by molar-refractivity contribution is 0.814. The third kappa shape index (κ3) is 2.10. The summed E-state index contributed by atoms with van der Waals surface area (Å²) in [7, 11) is 0. The Morgan fingerprint density at radius 1 is 1.16 bits per heavy atom. The van der Waals surface area contributed by atoms with Gasteiger partial charge < -0.3 is 0 Å². The molecule has 0 atom stereocenters. The Balaban J connectivity index is 2.19. The Bertz CT molecular complexity index is 749. The first-order valence-electron chi connectivity index (χ1n) is 5.59. The fraction of sp³-hybridized carbons (Fsp3) is 0. The number of nitrogens with zero attached hydrogens (tertiary/aromatic N) is 3. The maximum Gasteiger partial charge on any atom is 0.287 e. The van der Waals surface area contributed by atoms with Gasteiger partial charge in [-0.1, -0.05) is 30.3 Å². The first kappa shape index (κ1) is 11.9. The van der Waals surface area contributed by atoms with Gasteiger partial charge in [0.05, 0.1) is 5.69 Å². The number of aromatic amines is 1. The average molecular weight is 317 g/mol. The average Bonchev–Trinajstić information content (AvgIpc) is 2.77. The van der Waals surface area contributed by atoms with Crippen molar-refractivity contribution < 1.29 is 0 Å². The van der Waals surface area contributed by atoms with E-state index in [2.05, 4.69) is 31.0 Å². The van der Waals surface area contributed by atoms with Crippen molar-refractivity contribution in [3.63, 3.8) is 0 Å². The quantitative estimate of drug-likeness (QED) is 0.789. The highest BCUT2D eigenvalue weighted by atomic mass is 79.9. The summed E-state index contributed by atoms with van der Waals surface area (Å²) in [6, 6.07) is 11.3. The highest BCUT2D eigenvalue weighted by molar-refractivity contribution is 9.10. The molecule has 0 aliphatic rings. The second-order valence-corrected chi connectivity index (χ2v) is 4.67. The summed E-state index contributed by atoms with van der Waals surface area (Å²) in [4.78, 5) is 20.1. The predicted molar refractivity (Wildman–Crippen MR) is 75.1 cm³/mol. The van der Waals surface area contributed by atoms with Crippen molar-refractivity contribution in [2.75, 3.05) is 0 Å². The minimum absolute atomic E-state index is 0.183. The molecule has 0 saturated carbocycles. The summed E-state index contributed by atoms with van der Waals surface area (Å²) >= 11 is 3.33. The fourth-order valence-corrected chi connectivity index (χ4v) is 2.29. The third-order valence-corrected chi connectivity index (χ3v) is 3.43. The number of nitrogens with one attached hydrogen (secondary N) is 1. The van der Waals surface area contributed by atoms with Crippen molar-refractivity contribution in [3.05, 3.63) is 63.7 Å². The van der Waals surface area contributed by atoms with Crippen LogP contribution in [0.5, 0.6) is 0 Å². The molecule has 0 saturated heterocycles. The number of halogens is 1. The monoisotopic (exact) mass is 316 g/mol. The molecule has 6 heteroatoms. The molecule has 0 amide bonds. The summed E-state index contributed by atoms with van der Waals surface area (Å²) in [6.45, 7) is 0. The third-order valence-electron chi connectivity index (χ3n) is 2.69. The zero-order valence-electron chi connectivity index (χ0n) is 9.75. The molecule has 0 aliphatic carbocycles. The van der Waals surface area contributed by atoms with E-state index in [0.29, 0.717) is 10.3 Å². The van der Waals surface area contributed by atoms with E-state index in [1.807, 2.05) is 30.3 Å². The molecule has 3 aromatic rings. The SMILES string of the molecule is O=c1c(Br)c(-c2ccccc2)[nH]n1-c1ccncn1. The van der Waals surface area contributed by atoms with Gasteiger partial charge in [0.1, 0.15) is 10.8 Å². The molecular weight excluding hydrogens is 308 g/mol. The Morgan fingerprint density at radius 3 is 2.63 bits per heavy atom. The molecular formula is C13H9BrN4O. The zero-order valence-corrected chi connectivity index (χ0v) is 11.3. The first-order chi connectivity index (χ1) is 9.27. The molecule has 5 nitrogen and oxygen atoms in total. The molecule has 0 spiro atoms. The molecule has 94 valence electrons. The molecule has 19 heavy (non-hydrogen) atoms. The van der Waals surface area contributed by atoms with Crippen LogP contribution in [0, 0.1) is 0 Å². The van der Waals surface area contributed by atoms with E-state index < -0.39 is 0 Å². The van der Waals surface area contributed by atoms with Crippen LogP contribution in [0.4, 0.5) is 0 Å². The number of benzene rings is 1. The Hall–Kier alpha value is -2.21. The van der Waals surface area contributed by atoms with Crippen molar-refractivity contribution in [2.24, 2.45) is 0 Å². The van der Waals surface area contributed by atoms with Crippen LogP contribution < -0.4 is 5.56 Å². The van der Waals surface area contributed by atoms with Gasteiger partial charge in [0.15, 0.2) is 5.82 Å². The van der Waals surface area contributed by atoms with Gasteiger partial charge in [-0.25, -0.2) is 14.6 Å². The number of hydrogen-bond acceptors (Lipinski definition) is 3. The lowest BCUT2D eigenvalue weighted by Crippen LogP contribution is -2.15. The highest BCUT2D eigenvalue weighted by Crippen LogP contribution is 2.23. The topological polar surface area (TPSA) is 63.6 Å². The molecule has 3 rings (SSSR count). The van der Waals surface area contributed by atoms with Gasteiger partial charge in [0.25, 0.3) is 5.56 Å². The summed E-state index contributed by atoms with van der Waals surface area (Å²) in [5.41, 5.74) is 1.47. The largest absolute Gasteiger partial charge is 0.288 e. The van der Waals surface area contributed by atoms with Gasteiger partial charge in [0, 0.05) is 17.8 Å². The van der Waals surface area contributed by atoms with E-state index in [0.717, 1.165) is 11.3 Å². The van der Waals surface area contributed by atoms with Crippen LogP contribution in [0.3, 0.4) is 0 Å². The van der Waals surface area contributed by atoms with Crippen LogP contribution >= 0.6 is 15.9 Å². The number of H-pyrrole nitrogens is 1. The first-order valence-corrected chi connectivity index (χ1v) is 6.39. The Morgan fingerprint density at radius 2 is 1.95 bits per heavy atom. The lowest BCUT2D eigenvalue weighted by atomic mass is 10.2. The van der Waals surface area contributed by atoms with Gasteiger partial charge >= 0.3 is 0 Å². The van der Waals surface area contributed by atoms with Crippen LogP contribution in [0.15, 0.2) is 58.2 Å². The summed E-state index contributed by atoms with van der Waals surface area (Å²) in [5.74, 6) is 0.503. The molecule has 2 aromatic heterocycles. The van der Waals surface area contributed by atoms with Gasteiger partial charge in [-0.3, -0.25) is 9.89 Å². The minimum Gasteiger partial charge on any atom is -0.288 e. The predicted octanol–water partition coefficient (Wildman–Crippen LogP) is 2.39. The van der Waals surface area contributed by atoms with Crippen molar-refractivity contribution in [2.45, 2.75) is 0 Å². The smallest absolute Gasteiger partial charge is 0.287 e. The van der Waals surface area contributed by atoms with Crippen molar-refractivity contribution >= 4 is 15.9 Å². The molecule has 0 unspecified atom stereocenters. The van der Waals surface area contributed by atoms with E-state index in [-0.39, 0.29) is 5.56 Å². The maximum atomic E-state index is 12.2. The molecule has 1 N–H and O–H groups in total. The van der Waals surface area contributed by atoms with E-state index in [1.165, 1.54) is 11.0 Å². The summed E-state index contributed by atoms with van der Waals surface area (Å²) < 4.78 is 1.87. The highest BCUT2D eigenvalue weighted by Gasteiger charge is 2.14. The van der Waals surface area contributed by atoms with Gasteiger partial charge in [-0.2, -0.15) is 0 Å². The van der Waals surface area contributed by atoms with Gasteiger partial charge in [0.2, 0.25) is 0 Å². The molecule has 2 heterocycles. The maximum absolute atomic E-state index is 12.2. The van der Waals surface area contributed by atoms with Gasteiger partial charge in [-0.05, 0) is 15.9 Å². The molecule has 0 aliphatic heterocycles. The summed E-state index contributed by atoms with van der Waals surface area (Å²) in [6.07, 6.45) is 2.99. The fourth-order valence-electron chi connectivity index (χ4n) is 1.79. The Labute approximate surface area is 117 Å². The van der Waals surface area contributed by atoms with Crippen molar-refractivity contribution in [3.8, 4) is 17.1 Å². The molecule has 0 radical (unpaired) electrons. The standard InChI is InChI=1S/C13H9BrN4O/c14-11-12(9-4-2-1-3-5-9)17-18(13(11)19)10-6-7-15-8-16-10/h1-8,17H. The molecule has 0 fully saturated rings.